The van der Waals surface area contributed by atoms with Gasteiger partial charge in [-0.15, -0.1) is 0 Å². The molecule has 2 unspecified atom stereocenters. The van der Waals surface area contributed by atoms with Crippen LogP contribution in [-0.4, -0.2) is 67.9 Å². The number of carbonyl (C=O) groups excluding carboxylic acids is 2. The van der Waals surface area contributed by atoms with Crippen LogP contribution in [0.25, 0.3) is 0 Å². The fraction of sp³-hybridized carbons (Fsp3) is 0.529. The first-order valence-electron chi connectivity index (χ1n) is 7.88. The molecule has 0 saturated carbocycles. The van der Waals surface area contributed by atoms with Crippen molar-refractivity contribution in [2.75, 3.05) is 33.9 Å². The molecule has 2 N–H and O–H groups in total. The number of hydrogen-bond donors (Lipinski definition) is 2. The van der Waals surface area contributed by atoms with E-state index in [2.05, 4.69) is 5.32 Å². The van der Waals surface area contributed by atoms with Gasteiger partial charge in [0.05, 0.1) is 12.6 Å². The van der Waals surface area contributed by atoms with Crippen molar-refractivity contribution in [1.82, 2.24) is 10.2 Å². The van der Waals surface area contributed by atoms with Crippen LogP contribution in [-0.2, 0) is 14.3 Å². The van der Waals surface area contributed by atoms with Crippen molar-refractivity contribution in [3.05, 3.63) is 29.3 Å². The number of ether oxygens (including phenoxy) is 2. The van der Waals surface area contributed by atoms with Crippen LogP contribution in [0.1, 0.15) is 22.3 Å². The van der Waals surface area contributed by atoms with E-state index in [1.54, 1.807) is 26.2 Å². The predicted octanol–water partition coefficient (Wildman–Crippen LogP) is 0.693. The number of nitrogens with zero attached hydrogens (tertiary/aromatic N) is 1. The standard InChI is InChI=1S/C17H24N2O5/c1-11-4-5-12(20)8-13(11)17(22)18-14-6-7-23-9-15(14)24-10-16(21)19(2)3/h4-5,8,14-15,20H,6-7,9-10H2,1-3H3,(H,18,22). The van der Waals surface area contributed by atoms with Crippen LogP contribution >= 0.6 is 0 Å². The summed E-state index contributed by atoms with van der Waals surface area (Å²) in [5.41, 5.74) is 1.20. The summed E-state index contributed by atoms with van der Waals surface area (Å²) in [7, 11) is 3.32. The van der Waals surface area contributed by atoms with Crippen molar-refractivity contribution in [1.29, 1.82) is 0 Å². The zero-order chi connectivity index (χ0) is 17.7. The molecule has 24 heavy (non-hydrogen) atoms. The number of aryl methyl sites for hydroxylation is 1. The average molecular weight is 336 g/mol. The lowest BCUT2D eigenvalue weighted by atomic mass is 10.0. The Kier molecular flexibility index (Phi) is 6.16. The number of aromatic hydroxyl groups is 1. The number of likely N-dealkylation sites (N-methyl/N-ethyl adjacent to an activating group) is 1. The Morgan fingerprint density at radius 1 is 1.42 bits per heavy atom. The molecule has 2 amide bonds. The molecule has 1 aliphatic heterocycles. The second-order valence-corrected chi connectivity index (χ2v) is 6.08. The molecule has 1 heterocycles. The van der Waals surface area contributed by atoms with Crippen molar-refractivity contribution in [2.45, 2.75) is 25.5 Å². The minimum atomic E-state index is -0.385. The van der Waals surface area contributed by atoms with E-state index in [1.807, 2.05) is 6.92 Å². The van der Waals surface area contributed by atoms with Gasteiger partial charge in [0.25, 0.3) is 5.91 Å². The normalized spacial score (nSPS) is 20.5. The highest BCUT2D eigenvalue weighted by Gasteiger charge is 2.29. The van der Waals surface area contributed by atoms with Gasteiger partial charge in [-0.3, -0.25) is 9.59 Å². The van der Waals surface area contributed by atoms with E-state index in [0.717, 1.165) is 5.56 Å². The molecule has 1 fully saturated rings. The minimum Gasteiger partial charge on any atom is -0.508 e. The zero-order valence-corrected chi connectivity index (χ0v) is 14.2. The van der Waals surface area contributed by atoms with Gasteiger partial charge in [-0.25, -0.2) is 0 Å². The van der Waals surface area contributed by atoms with Gasteiger partial charge in [0.2, 0.25) is 5.91 Å². The average Bonchev–Trinajstić information content (AvgIpc) is 2.55. The number of nitrogens with one attached hydrogen (secondary N) is 1. The van der Waals surface area contributed by atoms with Gasteiger partial charge in [-0.2, -0.15) is 0 Å². The van der Waals surface area contributed by atoms with E-state index in [-0.39, 0.29) is 36.3 Å². The number of benzene rings is 1. The Balaban J connectivity index is 2.01. The van der Waals surface area contributed by atoms with Crippen molar-refractivity contribution in [2.24, 2.45) is 0 Å². The highest BCUT2D eigenvalue weighted by Crippen LogP contribution is 2.18. The summed E-state index contributed by atoms with van der Waals surface area (Å²) >= 11 is 0. The molecule has 2 atom stereocenters. The molecule has 0 aromatic heterocycles. The molecule has 0 bridgehead atoms. The molecule has 132 valence electrons. The molecule has 1 saturated heterocycles. The van der Waals surface area contributed by atoms with Gasteiger partial charge in [0.1, 0.15) is 18.5 Å². The van der Waals surface area contributed by atoms with Crippen molar-refractivity contribution in [3.8, 4) is 5.75 Å². The summed E-state index contributed by atoms with van der Waals surface area (Å²) in [4.78, 5) is 25.6. The minimum absolute atomic E-state index is 0.0436. The molecule has 7 heteroatoms. The lowest BCUT2D eigenvalue weighted by Crippen LogP contribution is -2.50. The van der Waals surface area contributed by atoms with E-state index < -0.39 is 0 Å². The molecular formula is C17H24N2O5. The maximum absolute atomic E-state index is 12.5. The van der Waals surface area contributed by atoms with E-state index in [9.17, 15) is 14.7 Å². The van der Waals surface area contributed by atoms with Gasteiger partial charge >= 0.3 is 0 Å². The summed E-state index contributed by atoms with van der Waals surface area (Å²) in [5.74, 6) is -0.376. The lowest BCUT2D eigenvalue weighted by Gasteiger charge is -2.32. The second-order valence-electron chi connectivity index (χ2n) is 6.08. The topological polar surface area (TPSA) is 88.1 Å². The summed E-state index contributed by atoms with van der Waals surface area (Å²) in [6.07, 6.45) is 0.217. The molecule has 1 aliphatic rings. The predicted molar refractivity (Wildman–Crippen MR) is 88.0 cm³/mol. The number of hydrogen-bond acceptors (Lipinski definition) is 5. The van der Waals surface area contributed by atoms with Crippen LogP contribution < -0.4 is 5.32 Å². The van der Waals surface area contributed by atoms with Gasteiger partial charge in [-0.05, 0) is 31.0 Å². The van der Waals surface area contributed by atoms with E-state index >= 15 is 0 Å². The third kappa shape index (κ3) is 4.69. The Hall–Kier alpha value is -2.12. The van der Waals surface area contributed by atoms with E-state index in [0.29, 0.717) is 25.2 Å². The van der Waals surface area contributed by atoms with Gasteiger partial charge < -0.3 is 24.8 Å². The fourth-order valence-corrected chi connectivity index (χ4v) is 2.45. The summed E-state index contributed by atoms with van der Waals surface area (Å²) in [5, 5.41) is 12.5. The molecule has 1 aromatic carbocycles. The second kappa shape index (κ2) is 8.12. The fourth-order valence-electron chi connectivity index (χ4n) is 2.45. The monoisotopic (exact) mass is 336 g/mol. The Morgan fingerprint density at radius 3 is 2.88 bits per heavy atom. The molecule has 0 spiro atoms. The quantitative estimate of drug-likeness (QED) is 0.826. The van der Waals surface area contributed by atoms with E-state index in [1.165, 1.54) is 11.0 Å². The Bertz CT molecular complexity index is 603. The molecular weight excluding hydrogens is 312 g/mol. The third-order valence-corrected chi connectivity index (χ3v) is 4.01. The summed E-state index contributed by atoms with van der Waals surface area (Å²) in [6.45, 7) is 2.59. The smallest absolute Gasteiger partial charge is 0.251 e. The first-order chi connectivity index (χ1) is 11.4. The Morgan fingerprint density at radius 2 is 2.17 bits per heavy atom. The molecule has 0 aliphatic carbocycles. The van der Waals surface area contributed by atoms with Crippen LogP contribution in [0.15, 0.2) is 18.2 Å². The van der Waals surface area contributed by atoms with Crippen molar-refractivity contribution >= 4 is 11.8 Å². The van der Waals surface area contributed by atoms with Crippen molar-refractivity contribution < 1.29 is 24.2 Å². The highest BCUT2D eigenvalue weighted by atomic mass is 16.5. The van der Waals surface area contributed by atoms with E-state index in [4.69, 9.17) is 9.47 Å². The SMILES string of the molecule is Cc1ccc(O)cc1C(=O)NC1CCOCC1OCC(=O)N(C)C. The first-order valence-corrected chi connectivity index (χ1v) is 7.88. The number of carbonyl (C=O) groups is 2. The molecule has 1 aromatic rings. The third-order valence-electron chi connectivity index (χ3n) is 4.01. The maximum atomic E-state index is 12.5. The zero-order valence-electron chi connectivity index (χ0n) is 14.2. The van der Waals surface area contributed by atoms with Gasteiger partial charge in [-0.1, -0.05) is 6.07 Å². The maximum Gasteiger partial charge on any atom is 0.251 e. The van der Waals surface area contributed by atoms with Crippen LogP contribution in [0.4, 0.5) is 0 Å². The number of phenols is 1. The van der Waals surface area contributed by atoms with Crippen LogP contribution in [0.3, 0.4) is 0 Å². The largest absolute Gasteiger partial charge is 0.508 e. The molecule has 7 nitrogen and oxygen atoms in total. The van der Waals surface area contributed by atoms with Gasteiger partial charge in [0, 0.05) is 26.3 Å². The highest BCUT2D eigenvalue weighted by molar-refractivity contribution is 5.96. The number of rotatable bonds is 5. The van der Waals surface area contributed by atoms with Crippen LogP contribution in [0.2, 0.25) is 0 Å². The summed E-state index contributed by atoms with van der Waals surface area (Å²) < 4.78 is 11.0. The van der Waals surface area contributed by atoms with Gasteiger partial charge in [0.15, 0.2) is 0 Å². The lowest BCUT2D eigenvalue weighted by molar-refractivity contribution is -0.140. The van der Waals surface area contributed by atoms with Crippen molar-refractivity contribution in [3.63, 3.8) is 0 Å². The first kappa shape index (κ1) is 18.2. The molecule has 0 radical (unpaired) electrons. The molecule has 2 rings (SSSR count). The summed E-state index contributed by atoms with van der Waals surface area (Å²) in [6, 6.07) is 4.43. The van der Waals surface area contributed by atoms with Crippen LogP contribution in [0, 0.1) is 6.92 Å². The Labute approximate surface area is 141 Å². The van der Waals surface area contributed by atoms with Crippen LogP contribution in [0.5, 0.6) is 5.75 Å². The number of phenolic OH excluding ortho intramolecular Hbond substituents is 1. The number of amides is 2.